The summed E-state index contributed by atoms with van der Waals surface area (Å²) in [7, 11) is 0. The lowest BCUT2D eigenvalue weighted by Gasteiger charge is -2.07. The molecule has 0 radical (unpaired) electrons. The van der Waals surface area contributed by atoms with Crippen molar-refractivity contribution in [3.05, 3.63) is 59.0 Å². The number of hydrogen-bond acceptors (Lipinski definition) is 3. The number of nitrogen functional groups attached to an aromatic ring is 1. The zero-order valence-corrected chi connectivity index (χ0v) is 10.4. The first-order valence-electron chi connectivity index (χ1n) is 5.95. The molecule has 0 unspecified atom stereocenters. The molecule has 0 spiro atoms. The summed E-state index contributed by atoms with van der Waals surface area (Å²) in [6, 6.07) is 9.97. The van der Waals surface area contributed by atoms with Gasteiger partial charge in [-0.3, -0.25) is 9.59 Å². The smallest absolute Gasteiger partial charge is 0.226 e. The van der Waals surface area contributed by atoms with Gasteiger partial charge in [-0.25, -0.2) is 0 Å². The summed E-state index contributed by atoms with van der Waals surface area (Å²) in [4.78, 5) is 22.7. The molecule has 1 aromatic heterocycles. The number of nitrogens with zero attached hydrogens (tertiary/aromatic N) is 1. The molecule has 0 bridgehead atoms. The summed E-state index contributed by atoms with van der Waals surface area (Å²) >= 11 is 0. The van der Waals surface area contributed by atoms with Crippen molar-refractivity contribution in [2.45, 2.75) is 13.0 Å². The lowest BCUT2D eigenvalue weighted by atomic mass is 10.2. The number of pyridine rings is 1. The van der Waals surface area contributed by atoms with Crippen LogP contribution < -0.4 is 16.5 Å². The maximum Gasteiger partial charge on any atom is 0.226 e. The number of aromatic nitrogens is 1. The van der Waals surface area contributed by atoms with Crippen molar-refractivity contribution < 1.29 is 4.79 Å². The molecule has 5 nitrogen and oxygen atoms in total. The summed E-state index contributed by atoms with van der Waals surface area (Å²) in [6.45, 7) is 0.522. The number of nitrogens with two attached hydrogens (primary N) is 1. The van der Waals surface area contributed by atoms with Gasteiger partial charge in [0.15, 0.2) is 5.43 Å². The summed E-state index contributed by atoms with van der Waals surface area (Å²) in [5.74, 6) is -0.0932. The topological polar surface area (TPSA) is 77.1 Å². The molecule has 19 heavy (non-hydrogen) atoms. The Morgan fingerprint density at radius 3 is 2.63 bits per heavy atom. The van der Waals surface area contributed by atoms with Gasteiger partial charge in [-0.05, 0) is 18.2 Å². The summed E-state index contributed by atoms with van der Waals surface area (Å²) in [5, 5.41) is 2.77. The molecule has 0 saturated heterocycles. The van der Waals surface area contributed by atoms with Crippen molar-refractivity contribution in [1.29, 1.82) is 0 Å². The summed E-state index contributed by atoms with van der Waals surface area (Å²) < 4.78 is 1.79. The first-order valence-corrected chi connectivity index (χ1v) is 5.95. The van der Waals surface area contributed by atoms with Crippen LogP contribution in [0.15, 0.2) is 53.6 Å². The quantitative estimate of drug-likeness (QED) is 0.814. The predicted octanol–water partition coefficient (Wildman–Crippen LogP) is 1.46. The van der Waals surface area contributed by atoms with Crippen molar-refractivity contribution in [3.63, 3.8) is 0 Å². The average Bonchev–Trinajstić information content (AvgIpc) is 2.38. The van der Waals surface area contributed by atoms with E-state index in [1.807, 2.05) is 0 Å². The van der Waals surface area contributed by atoms with Crippen LogP contribution in [0.3, 0.4) is 0 Å². The van der Waals surface area contributed by atoms with E-state index in [9.17, 15) is 9.59 Å². The van der Waals surface area contributed by atoms with Gasteiger partial charge in [0, 0.05) is 48.9 Å². The van der Waals surface area contributed by atoms with Crippen LogP contribution in [0, 0.1) is 0 Å². The lowest BCUT2D eigenvalue weighted by Crippen LogP contribution is -2.15. The number of carbonyl (C=O) groups excluding carboxylic acids is 1. The van der Waals surface area contributed by atoms with Gasteiger partial charge in [0.2, 0.25) is 5.91 Å². The SMILES string of the molecule is Nc1cccc(NC(=O)CCn2ccc(=O)cc2)c1. The number of carbonyl (C=O) groups is 1. The monoisotopic (exact) mass is 257 g/mol. The predicted molar refractivity (Wildman–Crippen MR) is 74.8 cm³/mol. The normalized spacial score (nSPS) is 10.1. The summed E-state index contributed by atoms with van der Waals surface area (Å²) in [5.41, 5.74) is 6.88. The highest BCUT2D eigenvalue weighted by molar-refractivity contribution is 5.91. The second-order valence-electron chi connectivity index (χ2n) is 4.20. The molecule has 1 aromatic carbocycles. The molecule has 0 fully saturated rings. The largest absolute Gasteiger partial charge is 0.399 e. The molecule has 3 N–H and O–H groups in total. The van der Waals surface area contributed by atoms with E-state index in [0.29, 0.717) is 24.3 Å². The minimum Gasteiger partial charge on any atom is -0.399 e. The van der Waals surface area contributed by atoms with E-state index in [1.165, 1.54) is 12.1 Å². The average molecular weight is 257 g/mol. The van der Waals surface area contributed by atoms with E-state index in [2.05, 4.69) is 5.32 Å². The number of hydrogen-bond donors (Lipinski definition) is 2. The van der Waals surface area contributed by atoms with Crippen LogP contribution >= 0.6 is 0 Å². The van der Waals surface area contributed by atoms with E-state index in [4.69, 9.17) is 5.73 Å². The van der Waals surface area contributed by atoms with Crippen molar-refractivity contribution in [3.8, 4) is 0 Å². The number of amides is 1. The van der Waals surface area contributed by atoms with Gasteiger partial charge < -0.3 is 15.6 Å². The molecule has 2 aromatic rings. The molecular formula is C14H15N3O2. The van der Waals surface area contributed by atoms with Crippen molar-refractivity contribution in [2.75, 3.05) is 11.1 Å². The van der Waals surface area contributed by atoms with Gasteiger partial charge in [-0.1, -0.05) is 6.07 Å². The Morgan fingerprint density at radius 2 is 1.95 bits per heavy atom. The Bertz CT molecular complexity index is 614. The zero-order valence-electron chi connectivity index (χ0n) is 10.4. The highest BCUT2D eigenvalue weighted by Crippen LogP contribution is 2.11. The van der Waals surface area contributed by atoms with Gasteiger partial charge in [0.05, 0.1) is 0 Å². The second-order valence-corrected chi connectivity index (χ2v) is 4.20. The Hall–Kier alpha value is -2.56. The molecule has 1 heterocycles. The highest BCUT2D eigenvalue weighted by atomic mass is 16.1. The Kier molecular flexibility index (Phi) is 3.97. The van der Waals surface area contributed by atoms with E-state index in [1.54, 1.807) is 41.2 Å². The fourth-order valence-electron chi connectivity index (χ4n) is 1.66. The van der Waals surface area contributed by atoms with Crippen LogP contribution in [-0.2, 0) is 11.3 Å². The number of nitrogens with one attached hydrogen (secondary N) is 1. The molecule has 98 valence electrons. The first kappa shape index (κ1) is 12.9. The van der Waals surface area contributed by atoms with Gasteiger partial charge in [0.1, 0.15) is 0 Å². The zero-order chi connectivity index (χ0) is 13.7. The Morgan fingerprint density at radius 1 is 1.21 bits per heavy atom. The van der Waals surface area contributed by atoms with Crippen molar-refractivity contribution >= 4 is 17.3 Å². The van der Waals surface area contributed by atoms with E-state index >= 15 is 0 Å². The number of benzene rings is 1. The van der Waals surface area contributed by atoms with E-state index in [-0.39, 0.29) is 11.3 Å². The van der Waals surface area contributed by atoms with Crippen LogP contribution in [-0.4, -0.2) is 10.5 Å². The fourth-order valence-corrected chi connectivity index (χ4v) is 1.66. The maximum atomic E-state index is 11.7. The molecule has 0 atom stereocenters. The maximum absolute atomic E-state index is 11.7. The molecule has 0 aliphatic carbocycles. The van der Waals surface area contributed by atoms with Crippen LogP contribution in [0.25, 0.3) is 0 Å². The van der Waals surface area contributed by atoms with Crippen molar-refractivity contribution in [1.82, 2.24) is 4.57 Å². The lowest BCUT2D eigenvalue weighted by molar-refractivity contribution is -0.116. The highest BCUT2D eigenvalue weighted by Gasteiger charge is 2.02. The molecule has 0 saturated carbocycles. The van der Waals surface area contributed by atoms with Gasteiger partial charge in [0.25, 0.3) is 0 Å². The third-order valence-corrected chi connectivity index (χ3v) is 2.63. The first-order chi connectivity index (χ1) is 9.13. The third kappa shape index (κ3) is 3.99. The molecular weight excluding hydrogens is 242 g/mol. The molecule has 2 rings (SSSR count). The molecule has 1 amide bonds. The van der Waals surface area contributed by atoms with Crippen LogP contribution in [0.5, 0.6) is 0 Å². The number of anilines is 2. The van der Waals surface area contributed by atoms with E-state index < -0.39 is 0 Å². The Balaban J connectivity index is 1.88. The molecule has 0 aliphatic heterocycles. The third-order valence-electron chi connectivity index (χ3n) is 2.63. The van der Waals surface area contributed by atoms with Gasteiger partial charge >= 0.3 is 0 Å². The fraction of sp³-hybridized carbons (Fsp3) is 0.143. The standard InChI is InChI=1S/C14H15N3O2/c15-11-2-1-3-12(10-11)16-14(19)6-9-17-7-4-13(18)5-8-17/h1-5,7-8,10H,6,9,15H2,(H,16,19). The number of rotatable bonds is 4. The van der Waals surface area contributed by atoms with Gasteiger partial charge in [-0.15, -0.1) is 0 Å². The van der Waals surface area contributed by atoms with Crippen LogP contribution in [0.2, 0.25) is 0 Å². The van der Waals surface area contributed by atoms with Crippen LogP contribution in [0.4, 0.5) is 11.4 Å². The summed E-state index contributed by atoms with van der Waals surface area (Å²) in [6.07, 6.45) is 3.66. The van der Waals surface area contributed by atoms with E-state index in [0.717, 1.165) is 0 Å². The van der Waals surface area contributed by atoms with Gasteiger partial charge in [-0.2, -0.15) is 0 Å². The van der Waals surface area contributed by atoms with Crippen LogP contribution in [0.1, 0.15) is 6.42 Å². The number of aryl methyl sites for hydroxylation is 1. The molecule has 0 aliphatic rings. The van der Waals surface area contributed by atoms with Crippen molar-refractivity contribution in [2.24, 2.45) is 0 Å². The second kappa shape index (κ2) is 5.86. The minimum atomic E-state index is -0.0932. The minimum absolute atomic E-state index is 0.0412. The molecule has 5 heteroatoms. The Labute approximate surface area is 110 Å².